The first-order valence-corrected chi connectivity index (χ1v) is 6.44. The van der Waals surface area contributed by atoms with Crippen molar-refractivity contribution in [2.24, 2.45) is 0 Å². The normalized spacial score (nSPS) is 12.4. The molecule has 0 aliphatic rings. The molecule has 90 valence electrons. The smallest absolute Gasteiger partial charge is 0.271 e. The Labute approximate surface area is 108 Å². The van der Waals surface area contributed by atoms with Crippen LogP contribution in [0.3, 0.4) is 0 Å². The van der Waals surface area contributed by atoms with Crippen LogP contribution in [0.15, 0.2) is 28.6 Å². The fraction of sp³-hybridized carbons (Fsp3) is 0.273. The number of nitrogens with one attached hydrogen (secondary N) is 2. The van der Waals surface area contributed by atoms with Gasteiger partial charge in [-0.1, -0.05) is 17.7 Å². The summed E-state index contributed by atoms with van der Waals surface area (Å²) in [7, 11) is 0. The van der Waals surface area contributed by atoms with Crippen LogP contribution in [0.1, 0.15) is 11.8 Å². The van der Waals surface area contributed by atoms with Crippen LogP contribution in [-0.4, -0.2) is 16.0 Å². The highest BCUT2D eigenvalue weighted by molar-refractivity contribution is 7.09. The average Bonchev–Trinajstić information content (AvgIpc) is 2.77. The summed E-state index contributed by atoms with van der Waals surface area (Å²) in [6, 6.07) is 4.27. The second-order valence-corrected chi connectivity index (χ2v) is 5.13. The first-order valence-electron chi connectivity index (χ1n) is 5.19. The molecule has 6 heteroatoms. The Kier molecular flexibility index (Phi) is 3.81. The van der Waals surface area contributed by atoms with E-state index in [1.165, 1.54) is 11.2 Å². The fourth-order valence-electron chi connectivity index (χ4n) is 1.50. The molecule has 0 saturated heterocycles. The number of aromatic nitrogens is 2. The number of anilines is 1. The minimum Gasteiger partial charge on any atom is -0.366 e. The van der Waals surface area contributed by atoms with Gasteiger partial charge in [0.25, 0.3) is 5.56 Å². The number of nitrogens with zero attached hydrogens (tertiary/aromatic N) is 1. The lowest BCUT2D eigenvalue weighted by Gasteiger charge is -2.13. The van der Waals surface area contributed by atoms with Crippen LogP contribution in [0.5, 0.6) is 0 Å². The molecular formula is C11H12ClN3OS. The maximum Gasteiger partial charge on any atom is 0.271 e. The van der Waals surface area contributed by atoms with Crippen molar-refractivity contribution in [3.63, 3.8) is 0 Å². The summed E-state index contributed by atoms with van der Waals surface area (Å²) < 4.78 is 0. The van der Waals surface area contributed by atoms with E-state index in [2.05, 4.69) is 21.4 Å². The summed E-state index contributed by atoms with van der Waals surface area (Å²) in [5.74, 6) is 0.430. The van der Waals surface area contributed by atoms with Crippen molar-refractivity contribution in [3.8, 4) is 0 Å². The highest BCUT2D eigenvalue weighted by atomic mass is 35.5. The van der Waals surface area contributed by atoms with Gasteiger partial charge < -0.3 is 10.3 Å². The third kappa shape index (κ3) is 3.08. The molecule has 2 aromatic heterocycles. The van der Waals surface area contributed by atoms with E-state index in [0.29, 0.717) is 5.82 Å². The lowest BCUT2D eigenvalue weighted by molar-refractivity contribution is 0.792. The molecule has 2 heterocycles. The maximum absolute atomic E-state index is 11.3. The van der Waals surface area contributed by atoms with E-state index < -0.39 is 0 Å². The summed E-state index contributed by atoms with van der Waals surface area (Å²) in [5.41, 5.74) is -0.326. The van der Waals surface area contributed by atoms with E-state index in [4.69, 9.17) is 11.6 Å². The minimum absolute atomic E-state index is 0.102. The average molecular weight is 270 g/mol. The molecule has 0 aliphatic carbocycles. The van der Waals surface area contributed by atoms with Crippen molar-refractivity contribution in [1.29, 1.82) is 0 Å². The number of hydrogen-bond acceptors (Lipinski definition) is 4. The van der Waals surface area contributed by atoms with E-state index >= 15 is 0 Å². The van der Waals surface area contributed by atoms with Crippen molar-refractivity contribution in [2.75, 3.05) is 5.32 Å². The zero-order valence-corrected chi connectivity index (χ0v) is 10.8. The van der Waals surface area contributed by atoms with Crippen molar-refractivity contribution >= 4 is 28.8 Å². The third-order valence-electron chi connectivity index (χ3n) is 2.27. The van der Waals surface area contributed by atoms with Gasteiger partial charge in [0.2, 0.25) is 0 Å². The first-order chi connectivity index (χ1) is 8.16. The van der Waals surface area contributed by atoms with Gasteiger partial charge in [-0.25, -0.2) is 4.98 Å². The Morgan fingerprint density at radius 1 is 1.65 bits per heavy atom. The van der Waals surface area contributed by atoms with Gasteiger partial charge in [-0.2, -0.15) is 0 Å². The van der Waals surface area contributed by atoms with Crippen LogP contribution in [0, 0.1) is 0 Å². The molecule has 2 N–H and O–H groups in total. The van der Waals surface area contributed by atoms with Gasteiger partial charge in [0.1, 0.15) is 5.02 Å². The molecule has 0 bridgehead atoms. The van der Waals surface area contributed by atoms with Crippen molar-refractivity contribution in [2.45, 2.75) is 19.4 Å². The molecule has 2 rings (SSSR count). The van der Waals surface area contributed by atoms with Gasteiger partial charge in [0.15, 0.2) is 5.82 Å². The van der Waals surface area contributed by atoms with Crippen molar-refractivity contribution < 1.29 is 0 Å². The standard InChI is InChI=1S/C11H12ClN3OS/c1-7(5-8-3-2-4-17-8)15-10-9(12)11(16)14-6-13-10/h2-4,6-7H,5H2,1H3,(H2,13,14,15,16). The number of halogens is 1. The zero-order valence-electron chi connectivity index (χ0n) is 9.24. The molecule has 4 nitrogen and oxygen atoms in total. The van der Waals surface area contributed by atoms with Crippen LogP contribution < -0.4 is 10.9 Å². The van der Waals surface area contributed by atoms with Crippen LogP contribution in [0.2, 0.25) is 5.02 Å². The lowest BCUT2D eigenvalue weighted by atomic mass is 10.2. The van der Waals surface area contributed by atoms with Gasteiger partial charge in [0, 0.05) is 17.3 Å². The summed E-state index contributed by atoms with van der Waals surface area (Å²) in [6.45, 7) is 2.03. The second-order valence-electron chi connectivity index (χ2n) is 3.72. The SMILES string of the molecule is CC(Cc1cccs1)Nc1nc[nH]c(=O)c1Cl. The van der Waals surface area contributed by atoms with E-state index in [-0.39, 0.29) is 16.6 Å². The summed E-state index contributed by atoms with van der Waals surface area (Å²) in [4.78, 5) is 19.0. The monoisotopic (exact) mass is 269 g/mol. The van der Waals surface area contributed by atoms with Crippen LogP contribution in [-0.2, 0) is 6.42 Å². The predicted octanol–water partition coefficient (Wildman–Crippen LogP) is 2.53. The van der Waals surface area contributed by atoms with E-state index in [9.17, 15) is 4.79 Å². The number of aromatic amines is 1. The molecule has 0 fully saturated rings. The number of hydrogen-bond donors (Lipinski definition) is 2. The Balaban J connectivity index is 2.05. The molecule has 0 amide bonds. The number of H-pyrrole nitrogens is 1. The van der Waals surface area contributed by atoms with Crippen LogP contribution in [0.4, 0.5) is 5.82 Å². The number of rotatable bonds is 4. The van der Waals surface area contributed by atoms with Gasteiger partial charge in [0.05, 0.1) is 6.33 Å². The molecule has 1 atom stereocenters. The first kappa shape index (κ1) is 12.1. The maximum atomic E-state index is 11.3. The lowest BCUT2D eigenvalue weighted by Crippen LogP contribution is -2.21. The van der Waals surface area contributed by atoms with Gasteiger partial charge in [-0.05, 0) is 18.4 Å². The van der Waals surface area contributed by atoms with Crippen molar-refractivity contribution in [1.82, 2.24) is 9.97 Å². The Morgan fingerprint density at radius 3 is 3.18 bits per heavy atom. The molecule has 0 radical (unpaired) electrons. The summed E-state index contributed by atoms with van der Waals surface area (Å²) in [5, 5.41) is 5.28. The van der Waals surface area contributed by atoms with Crippen molar-refractivity contribution in [3.05, 3.63) is 44.1 Å². The summed E-state index contributed by atoms with van der Waals surface area (Å²) >= 11 is 7.56. The molecule has 0 spiro atoms. The molecule has 0 aromatic carbocycles. The third-order valence-corrected chi connectivity index (χ3v) is 3.52. The van der Waals surface area contributed by atoms with E-state index in [1.54, 1.807) is 11.3 Å². The Hall–Kier alpha value is -1.33. The Bertz CT molecular complexity index is 538. The minimum atomic E-state index is -0.326. The zero-order chi connectivity index (χ0) is 12.3. The molecule has 2 aromatic rings. The fourth-order valence-corrected chi connectivity index (χ4v) is 2.49. The van der Waals surface area contributed by atoms with Gasteiger partial charge in [-0.15, -0.1) is 11.3 Å². The van der Waals surface area contributed by atoms with Gasteiger partial charge >= 0.3 is 0 Å². The van der Waals surface area contributed by atoms with Crippen LogP contribution >= 0.6 is 22.9 Å². The quantitative estimate of drug-likeness (QED) is 0.897. The molecule has 0 saturated carbocycles. The number of thiophene rings is 1. The van der Waals surface area contributed by atoms with Crippen LogP contribution in [0.25, 0.3) is 0 Å². The van der Waals surface area contributed by atoms with Gasteiger partial charge in [-0.3, -0.25) is 4.79 Å². The molecule has 17 heavy (non-hydrogen) atoms. The molecule has 0 aliphatic heterocycles. The molecule has 1 unspecified atom stereocenters. The second kappa shape index (κ2) is 5.33. The highest BCUT2D eigenvalue weighted by Crippen LogP contribution is 2.16. The largest absolute Gasteiger partial charge is 0.366 e. The topological polar surface area (TPSA) is 57.8 Å². The highest BCUT2D eigenvalue weighted by Gasteiger charge is 2.09. The Morgan fingerprint density at radius 2 is 2.47 bits per heavy atom. The molecular weight excluding hydrogens is 258 g/mol. The summed E-state index contributed by atoms with van der Waals surface area (Å²) in [6.07, 6.45) is 2.22. The van der Waals surface area contributed by atoms with E-state index in [1.807, 2.05) is 18.4 Å². The predicted molar refractivity (Wildman–Crippen MR) is 71.0 cm³/mol. The van der Waals surface area contributed by atoms with E-state index in [0.717, 1.165) is 6.42 Å².